The van der Waals surface area contributed by atoms with E-state index in [0.717, 1.165) is 5.69 Å². The van der Waals surface area contributed by atoms with Gasteiger partial charge < -0.3 is 10.4 Å². The van der Waals surface area contributed by atoms with Crippen molar-refractivity contribution in [2.75, 3.05) is 6.54 Å². The number of hydrogen-bond donors (Lipinski definition) is 2. The fourth-order valence-electron chi connectivity index (χ4n) is 1.17. The first-order valence-electron chi connectivity index (χ1n) is 4.42. The molecular formula is C9H16N2OS. The monoisotopic (exact) mass is 200 g/mol. The van der Waals surface area contributed by atoms with Gasteiger partial charge in [0, 0.05) is 17.5 Å². The normalized spacial score (nSPS) is 15.7. The van der Waals surface area contributed by atoms with Crippen molar-refractivity contribution >= 4 is 11.3 Å². The number of nitrogens with one attached hydrogen (secondary N) is 1. The van der Waals surface area contributed by atoms with Crippen LogP contribution in [0.25, 0.3) is 0 Å². The fraction of sp³-hybridized carbons (Fsp3) is 0.667. The Labute approximate surface area is 82.8 Å². The van der Waals surface area contributed by atoms with Crippen molar-refractivity contribution < 1.29 is 5.11 Å². The molecule has 0 amide bonds. The van der Waals surface area contributed by atoms with Gasteiger partial charge in [0.25, 0.3) is 0 Å². The van der Waals surface area contributed by atoms with E-state index in [2.05, 4.69) is 17.2 Å². The largest absolute Gasteiger partial charge is 0.392 e. The van der Waals surface area contributed by atoms with Crippen LogP contribution in [-0.2, 0) is 0 Å². The molecule has 0 aromatic carbocycles. The molecule has 0 saturated carbocycles. The van der Waals surface area contributed by atoms with E-state index in [9.17, 15) is 0 Å². The zero-order valence-electron chi connectivity index (χ0n) is 8.24. The average Bonchev–Trinajstić information content (AvgIpc) is 2.47. The molecule has 0 spiro atoms. The molecule has 0 aliphatic rings. The summed E-state index contributed by atoms with van der Waals surface area (Å²) in [6, 6.07) is 0.280. The maximum Gasteiger partial charge on any atom is 0.0798 e. The Hall–Kier alpha value is -0.450. The molecule has 74 valence electrons. The molecule has 4 heteroatoms. The van der Waals surface area contributed by atoms with Crippen molar-refractivity contribution in [2.45, 2.75) is 32.9 Å². The molecule has 2 unspecified atom stereocenters. The molecule has 1 aromatic heterocycles. The Bertz CT molecular complexity index is 260. The van der Waals surface area contributed by atoms with E-state index >= 15 is 0 Å². The molecule has 1 rings (SSSR count). The molecule has 0 fully saturated rings. The zero-order chi connectivity index (χ0) is 9.84. The predicted molar refractivity (Wildman–Crippen MR) is 54.9 cm³/mol. The molecule has 2 N–H and O–H groups in total. The smallest absolute Gasteiger partial charge is 0.0798 e. The first-order chi connectivity index (χ1) is 6.11. The van der Waals surface area contributed by atoms with Crippen LogP contribution in [0.15, 0.2) is 5.51 Å². The minimum Gasteiger partial charge on any atom is -0.392 e. The van der Waals surface area contributed by atoms with Crippen LogP contribution in [0.2, 0.25) is 0 Å². The predicted octanol–water partition coefficient (Wildman–Crippen LogP) is 1.48. The van der Waals surface area contributed by atoms with Gasteiger partial charge in [-0.25, -0.2) is 4.98 Å². The van der Waals surface area contributed by atoms with Crippen LogP contribution >= 0.6 is 11.3 Å². The van der Waals surface area contributed by atoms with Gasteiger partial charge in [0.15, 0.2) is 0 Å². The Balaban J connectivity index is 2.49. The van der Waals surface area contributed by atoms with Gasteiger partial charge in [0.2, 0.25) is 0 Å². The van der Waals surface area contributed by atoms with Crippen LogP contribution in [0.3, 0.4) is 0 Å². The minimum absolute atomic E-state index is 0.280. The number of thiazole rings is 1. The summed E-state index contributed by atoms with van der Waals surface area (Å²) in [5.74, 6) is 0. The third kappa shape index (κ3) is 3.06. The van der Waals surface area contributed by atoms with Crippen molar-refractivity contribution in [1.82, 2.24) is 10.3 Å². The highest BCUT2D eigenvalue weighted by molar-refractivity contribution is 7.09. The molecule has 0 saturated heterocycles. The molecule has 0 aliphatic carbocycles. The van der Waals surface area contributed by atoms with E-state index in [1.807, 2.05) is 12.4 Å². The zero-order valence-corrected chi connectivity index (χ0v) is 9.06. The van der Waals surface area contributed by atoms with Gasteiger partial charge in [-0.05, 0) is 20.8 Å². The summed E-state index contributed by atoms with van der Waals surface area (Å²) in [5, 5.41) is 12.3. The van der Waals surface area contributed by atoms with Crippen LogP contribution in [0.1, 0.15) is 30.5 Å². The van der Waals surface area contributed by atoms with E-state index in [1.54, 1.807) is 18.3 Å². The van der Waals surface area contributed by atoms with E-state index in [4.69, 9.17) is 5.11 Å². The van der Waals surface area contributed by atoms with Gasteiger partial charge in [-0.1, -0.05) is 0 Å². The molecule has 0 radical (unpaired) electrons. The molecule has 13 heavy (non-hydrogen) atoms. The SMILES string of the molecule is Cc1ncsc1C(C)NCC(C)O. The molecule has 2 atom stereocenters. The van der Waals surface area contributed by atoms with Crippen LogP contribution in [0.4, 0.5) is 0 Å². The second-order valence-corrected chi connectivity index (χ2v) is 4.17. The van der Waals surface area contributed by atoms with Gasteiger partial charge >= 0.3 is 0 Å². The van der Waals surface area contributed by atoms with Gasteiger partial charge in [0.1, 0.15) is 0 Å². The first kappa shape index (κ1) is 10.6. The molecule has 3 nitrogen and oxygen atoms in total. The summed E-state index contributed by atoms with van der Waals surface area (Å²) in [5.41, 5.74) is 2.93. The average molecular weight is 200 g/mol. The summed E-state index contributed by atoms with van der Waals surface area (Å²) in [6.45, 7) is 6.49. The summed E-state index contributed by atoms with van der Waals surface area (Å²) in [6.07, 6.45) is -0.296. The van der Waals surface area contributed by atoms with Gasteiger partial charge in [-0.3, -0.25) is 0 Å². The van der Waals surface area contributed by atoms with Crippen molar-refractivity contribution in [3.63, 3.8) is 0 Å². The molecule has 1 heterocycles. The Morgan fingerprint density at radius 1 is 1.62 bits per heavy atom. The van der Waals surface area contributed by atoms with Crippen LogP contribution in [-0.4, -0.2) is 22.7 Å². The highest BCUT2D eigenvalue weighted by Crippen LogP contribution is 2.20. The highest BCUT2D eigenvalue weighted by atomic mass is 32.1. The first-order valence-corrected chi connectivity index (χ1v) is 5.30. The third-order valence-electron chi connectivity index (χ3n) is 1.90. The number of aliphatic hydroxyl groups is 1. The fourth-order valence-corrected chi connectivity index (χ4v) is 2.00. The van der Waals surface area contributed by atoms with E-state index in [0.29, 0.717) is 6.54 Å². The lowest BCUT2D eigenvalue weighted by atomic mass is 10.2. The second-order valence-electron chi connectivity index (χ2n) is 3.28. The van der Waals surface area contributed by atoms with E-state index in [-0.39, 0.29) is 12.1 Å². The Kier molecular flexibility index (Phi) is 3.84. The number of aryl methyl sites for hydroxylation is 1. The number of nitrogens with zero attached hydrogens (tertiary/aromatic N) is 1. The summed E-state index contributed by atoms with van der Waals surface area (Å²) < 4.78 is 0. The number of rotatable bonds is 4. The number of aliphatic hydroxyl groups excluding tert-OH is 1. The standard InChI is InChI=1S/C9H16N2OS/c1-6(12)4-10-7(2)9-8(3)11-5-13-9/h5-7,10,12H,4H2,1-3H3. The molecule has 0 aliphatic heterocycles. The highest BCUT2D eigenvalue weighted by Gasteiger charge is 2.10. The number of aromatic nitrogens is 1. The van der Waals surface area contributed by atoms with E-state index < -0.39 is 0 Å². The summed E-state index contributed by atoms with van der Waals surface area (Å²) >= 11 is 1.65. The third-order valence-corrected chi connectivity index (χ3v) is 3.01. The topological polar surface area (TPSA) is 45.2 Å². The Morgan fingerprint density at radius 2 is 2.31 bits per heavy atom. The lowest BCUT2D eigenvalue weighted by Gasteiger charge is -2.13. The second kappa shape index (κ2) is 4.69. The lowest BCUT2D eigenvalue weighted by Crippen LogP contribution is -2.27. The van der Waals surface area contributed by atoms with Gasteiger partial charge in [-0.2, -0.15) is 0 Å². The minimum atomic E-state index is -0.296. The van der Waals surface area contributed by atoms with Crippen molar-refractivity contribution in [3.05, 3.63) is 16.1 Å². The lowest BCUT2D eigenvalue weighted by molar-refractivity contribution is 0.187. The number of hydrogen-bond acceptors (Lipinski definition) is 4. The van der Waals surface area contributed by atoms with Crippen LogP contribution < -0.4 is 5.32 Å². The molecule has 1 aromatic rings. The quantitative estimate of drug-likeness (QED) is 0.774. The maximum absolute atomic E-state index is 9.09. The summed E-state index contributed by atoms with van der Waals surface area (Å²) in [4.78, 5) is 5.43. The Morgan fingerprint density at radius 3 is 2.77 bits per heavy atom. The van der Waals surface area contributed by atoms with Crippen molar-refractivity contribution in [1.29, 1.82) is 0 Å². The maximum atomic E-state index is 9.09. The van der Waals surface area contributed by atoms with E-state index in [1.165, 1.54) is 4.88 Å². The van der Waals surface area contributed by atoms with Gasteiger partial charge in [0.05, 0.1) is 17.3 Å². The van der Waals surface area contributed by atoms with Crippen molar-refractivity contribution in [2.24, 2.45) is 0 Å². The molecular weight excluding hydrogens is 184 g/mol. The van der Waals surface area contributed by atoms with Crippen LogP contribution in [0, 0.1) is 6.92 Å². The molecule has 0 bridgehead atoms. The van der Waals surface area contributed by atoms with Gasteiger partial charge in [-0.15, -0.1) is 11.3 Å². The van der Waals surface area contributed by atoms with Crippen molar-refractivity contribution in [3.8, 4) is 0 Å². The van der Waals surface area contributed by atoms with Crippen LogP contribution in [0.5, 0.6) is 0 Å². The summed E-state index contributed by atoms with van der Waals surface area (Å²) in [7, 11) is 0.